The molecule has 2 N–H and O–H groups in total. The summed E-state index contributed by atoms with van der Waals surface area (Å²) in [7, 11) is 0. The summed E-state index contributed by atoms with van der Waals surface area (Å²) in [6.45, 7) is 4.89. The molecule has 0 spiro atoms. The molecule has 0 saturated heterocycles. The zero-order valence-electron chi connectivity index (χ0n) is 10.4. The van der Waals surface area contributed by atoms with E-state index in [4.69, 9.17) is 5.73 Å². The van der Waals surface area contributed by atoms with Crippen LogP contribution in [0.15, 0.2) is 17.1 Å². The van der Waals surface area contributed by atoms with Gasteiger partial charge in [0.15, 0.2) is 0 Å². The Morgan fingerprint density at radius 2 is 2.25 bits per heavy atom. The second-order valence-electron chi connectivity index (χ2n) is 4.29. The van der Waals surface area contributed by atoms with Crippen molar-refractivity contribution in [3.8, 4) is 0 Å². The molecule has 0 amide bonds. The zero-order chi connectivity index (χ0) is 11.6. The van der Waals surface area contributed by atoms with Crippen LogP contribution in [-0.4, -0.2) is 36.9 Å². The van der Waals surface area contributed by atoms with E-state index in [0.29, 0.717) is 6.17 Å². The van der Waals surface area contributed by atoms with Gasteiger partial charge in [-0.3, -0.25) is 9.89 Å². The molecule has 0 aromatic rings. The molecule has 0 bridgehead atoms. The molecule has 1 unspecified atom stereocenters. The Morgan fingerprint density at radius 1 is 1.44 bits per heavy atom. The van der Waals surface area contributed by atoms with Gasteiger partial charge in [-0.1, -0.05) is 25.5 Å². The molecule has 1 heterocycles. The highest BCUT2D eigenvalue weighted by Crippen LogP contribution is 2.13. The zero-order valence-corrected chi connectivity index (χ0v) is 10.4. The number of nitrogens with zero attached hydrogens (tertiary/aromatic N) is 2. The van der Waals surface area contributed by atoms with Gasteiger partial charge in [0, 0.05) is 25.8 Å². The van der Waals surface area contributed by atoms with Crippen molar-refractivity contribution >= 4 is 6.21 Å². The summed E-state index contributed by atoms with van der Waals surface area (Å²) in [6.07, 6.45) is 13.0. The lowest BCUT2D eigenvalue weighted by Gasteiger charge is -2.21. The van der Waals surface area contributed by atoms with Crippen LogP contribution >= 0.6 is 0 Å². The van der Waals surface area contributed by atoms with E-state index in [9.17, 15) is 0 Å². The highest BCUT2D eigenvalue weighted by Gasteiger charge is 2.18. The number of aliphatic imine (C=N–C) groups is 1. The van der Waals surface area contributed by atoms with Gasteiger partial charge in [0.2, 0.25) is 0 Å². The Morgan fingerprint density at radius 3 is 3.00 bits per heavy atom. The Balaban J connectivity index is 2.09. The topological polar surface area (TPSA) is 41.6 Å². The van der Waals surface area contributed by atoms with Gasteiger partial charge < -0.3 is 5.73 Å². The van der Waals surface area contributed by atoms with Gasteiger partial charge >= 0.3 is 0 Å². The number of nitrogens with two attached hydrogens (primary N) is 1. The Kier molecular flexibility index (Phi) is 7.10. The molecule has 16 heavy (non-hydrogen) atoms. The van der Waals surface area contributed by atoms with E-state index < -0.39 is 0 Å². The van der Waals surface area contributed by atoms with Crippen molar-refractivity contribution in [2.45, 2.75) is 45.2 Å². The highest BCUT2D eigenvalue weighted by atomic mass is 15.3. The quantitative estimate of drug-likeness (QED) is 0.506. The van der Waals surface area contributed by atoms with Crippen molar-refractivity contribution < 1.29 is 0 Å². The fourth-order valence-electron chi connectivity index (χ4n) is 1.97. The molecule has 1 aliphatic heterocycles. The van der Waals surface area contributed by atoms with Gasteiger partial charge in [0.25, 0.3) is 0 Å². The largest absolute Gasteiger partial charge is 0.329 e. The third-order valence-electron chi connectivity index (χ3n) is 2.89. The van der Waals surface area contributed by atoms with E-state index in [0.717, 1.165) is 26.1 Å². The van der Waals surface area contributed by atoms with Crippen LogP contribution in [0.2, 0.25) is 0 Å². The lowest BCUT2D eigenvalue weighted by molar-refractivity contribution is 0.243. The first-order valence-corrected chi connectivity index (χ1v) is 6.49. The summed E-state index contributed by atoms with van der Waals surface area (Å²) >= 11 is 0. The summed E-state index contributed by atoms with van der Waals surface area (Å²) in [6, 6.07) is 0. The average molecular weight is 223 g/mol. The van der Waals surface area contributed by atoms with Crippen LogP contribution in [0.4, 0.5) is 0 Å². The predicted molar refractivity (Wildman–Crippen MR) is 70.8 cm³/mol. The monoisotopic (exact) mass is 223 g/mol. The maximum Gasteiger partial charge on any atom is 0.102 e. The molecule has 1 aliphatic rings. The minimum atomic E-state index is 0.392. The number of allylic oxidation sites excluding steroid dienone is 2. The average Bonchev–Trinajstić information content (AvgIpc) is 2.72. The van der Waals surface area contributed by atoms with E-state index in [1.165, 1.54) is 25.7 Å². The normalized spacial score (nSPS) is 21.2. The molecule has 0 aromatic heterocycles. The fraction of sp³-hybridized carbons (Fsp3) is 0.769. The van der Waals surface area contributed by atoms with Crippen LogP contribution in [0.25, 0.3) is 0 Å². The van der Waals surface area contributed by atoms with Crippen molar-refractivity contribution in [3.63, 3.8) is 0 Å². The lowest BCUT2D eigenvalue weighted by atomic mass is 10.1. The van der Waals surface area contributed by atoms with Crippen LogP contribution in [0.5, 0.6) is 0 Å². The smallest absolute Gasteiger partial charge is 0.102 e. The first-order valence-electron chi connectivity index (χ1n) is 6.49. The van der Waals surface area contributed by atoms with Gasteiger partial charge in [-0.2, -0.15) is 0 Å². The Bertz CT molecular complexity index is 223. The first kappa shape index (κ1) is 13.4. The SMILES string of the molecule is CCC/C=C/CCCC1N=CCN1CCN. The van der Waals surface area contributed by atoms with E-state index in [1.807, 2.05) is 6.21 Å². The Labute approximate surface area is 99.4 Å². The molecule has 3 heteroatoms. The van der Waals surface area contributed by atoms with E-state index in [1.54, 1.807) is 0 Å². The lowest BCUT2D eigenvalue weighted by Crippen LogP contribution is -2.34. The summed E-state index contributed by atoms with van der Waals surface area (Å²) in [4.78, 5) is 6.85. The highest BCUT2D eigenvalue weighted by molar-refractivity contribution is 5.62. The minimum Gasteiger partial charge on any atom is -0.329 e. The number of unbranched alkanes of at least 4 members (excludes halogenated alkanes) is 2. The molecule has 1 rings (SSSR count). The van der Waals surface area contributed by atoms with Gasteiger partial charge in [0.1, 0.15) is 6.17 Å². The van der Waals surface area contributed by atoms with Crippen molar-refractivity contribution in [3.05, 3.63) is 12.2 Å². The standard InChI is InChI=1S/C13H25N3/c1-2-3-4-5-6-7-8-13-15-10-12-16(13)11-9-14/h4-5,10,13H,2-3,6-9,11-12,14H2,1H3/b5-4+. The number of hydrogen-bond acceptors (Lipinski definition) is 3. The molecular formula is C13H25N3. The molecule has 92 valence electrons. The summed E-state index contributed by atoms with van der Waals surface area (Å²) in [5, 5.41) is 0. The predicted octanol–water partition coefficient (Wildman–Crippen LogP) is 2.18. The second-order valence-corrected chi connectivity index (χ2v) is 4.29. The number of rotatable bonds is 8. The van der Waals surface area contributed by atoms with Crippen LogP contribution in [0.1, 0.15) is 39.0 Å². The first-order chi connectivity index (χ1) is 7.88. The van der Waals surface area contributed by atoms with Gasteiger partial charge in [-0.05, 0) is 25.7 Å². The van der Waals surface area contributed by atoms with Crippen LogP contribution < -0.4 is 5.73 Å². The van der Waals surface area contributed by atoms with E-state index in [-0.39, 0.29) is 0 Å². The van der Waals surface area contributed by atoms with Crippen LogP contribution in [0.3, 0.4) is 0 Å². The summed E-state index contributed by atoms with van der Waals surface area (Å²) in [5.74, 6) is 0. The third-order valence-corrected chi connectivity index (χ3v) is 2.89. The van der Waals surface area contributed by atoms with Crippen LogP contribution in [-0.2, 0) is 0 Å². The van der Waals surface area contributed by atoms with Crippen molar-refractivity contribution in [2.75, 3.05) is 19.6 Å². The number of hydrogen-bond donors (Lipinski definition) is 1. The minimum absolute atomic E-state index is 0.392. The molecular weight excluding hydrogens is 198 g/mol. The summed E-state index contributed by atoms with van der Waals surface area (Å²) in [5.41, 5.74) is 5.57. The van der Waals surface area contributed by atoms with Gasteiger partial charge in [0.05, 0.1) is 0 Å². The third kappa shape index (κ3) is 4.90. The molecule has 0 saturated carbocycles. The van der Waals surface area contributed by atoms with Crippen molar-refractivity contribution in [1.82, 2.24) is 4.90 Å². The van der Waals surface area contributed by atoms with Gasteiger partial charge in [-0.25, -0.2) is 0 Å². The van der Waals surface area contributed by atoms with Gasteiger partial charge in [-0.15, -0.1) is 0 Å². The fourth-order valence-corrected chi connectivity index (χ4v) is 1.97. The van der Waals surface area contributed by atoms with Crippen molar-refractivity contribution in [1.29, 1.82) is 0 Å². The maximum absolute atomic E-state index is 5.57. The Hall–Kier alpha value is -0.670. The van der Waals surface area contributed by atoms with Crippen molar-refractivity contribution in [2.24, 2.45) is 10.7 Å². The molecule has 1 atom stereocenters. The molecule has 0 fully saturated rings. The van der Waals surface area contributed by atoms with E-state index in [2.05, 4.69) is 29.0 Å². The maximum atomic E-state index is 5.57. The second kappa shape index (κ2) is 8.48. The molecule has 0 aliphatic carbocycles. The van der Waals surface area contributed by atoms with E-state index >= 15 is 0 Å². The molecule has 0 aromatic carbocycles. The molecule has 3 nitrogen and oxygen atoms in total. The van der Waals surface area contributed by atoms with Crippen LogP contribution in [0, 0.1) is 0 Å². The molecule has 0 radical (unpaired) electrons. The summed E-state index contributed by atoms with van der Waals surface area (Å²) < 4.78 is 0.